The molecule has 0 unspecified atom stereocenters. The van der Waals surface area contributed by atoms with Crippen LogP contribution in [0.5, 0.6) is 0 Å². The minimum atomic E-state index is -0.892. The summed E-state index contributed by atoms with van der Waals surface area (Å²) in [5, 5.41) is 0. The lowest BCUT2D eigenvalue weighted by atomic mass is 10.1. The molecule has 0 aliphatic rings. The Balaban J connectivity index is 2.73. The molecule has 330 valence electrons. The number of carbonyl (C=O) groups is 3. The van der Waals surface area contributed by atoms with Gasteiger partial charge >= 0.3 is 35.0 Å². The van der Waals surface area contributed by atoms with Crippen LogP contribution in [-0.2, 0) is 48.2 Å². The molecule has 57 heavy (non-hydrogen) atoms. The molecule has 0 spiro atoms. The molecule has 0 bridgehead atoms. The molecule has 0 saturated carbocycles. The number of carbonyl (C=O) groups excluding carboxylic acids is 3. The van der Waals surface area contributed by atoms with Gasteiger partial charge < -0.3 is 14.2 Å². The zero-order valence-electron chi connectivity index (χ0n) is 35.6. The summed E-state index contributed by atoms with van der Waals surface area (Å²) in [7, 11) is 0. The van der Waals surface area contributed by atoms with E-state index in [2.05, 4.69) is 20.8 Å². The SMILES string of the molecule is CCCCCCCCSCCC(=O)OCCn1c(=O)n(CCOC(=O)CCSCCCCCCCC)c(=O)n(CCOC(=O)CCSCCCCCCCC)c1=O. The van der Waals surface area contributed by atoms with Crippen LogP contribution in [0.1, 0.15) is 156 Å². The number of hydrogen-bond acceptors (Lipinski definition) is 12. The van der Waals surface area contributed by atoms with E-state index in [9.17, 15) is 28.8 Å². The maximum Gasteiger partial charge on any atom is 0.336 e. The van der Waals surface area contributed by atoms with Crippen molar-refractivity contribution < 1.29 is 28.6 Å². The molecule has 1 rings (SSSR count). The second kappa shape index (κ2) is 36.9. The summed E-state index contributed by atoms with van der Waals surface area (Å²) in [6.07, 6.45) is 22.5. The van der Waals surface area contributed by atoms with E-state index in [-0.39, 0.29) is 58.7 Å². The quantitative estimate of drug-likeness (QED) is 0.0357. The molecule has 1 heterocycles. The average Bonchev–Trinajstić information content (AvgIpc) is 3.19. The first-order valence-electron chi connectivity index (χ1n) is 21.9. The Bertz CT molecular complexity index is 1190. The minimum absolute atomic E-state index is 0.213. The number of nitrogens with zero attached hydrogens (tertiary/aromatic N) is 3. The standard InChI is InChI=1S/C42H75N3O9S3/c1-4-7-10-13-16-19-31-55-34-22-37(46)52-28-25-43-40(49)44(26-29-53-38(47)23-35-56-32-20-17-14-11-8-5-2)42(51)45(41(43)50)27-30-54-39(48)24-36-57-33-21-18-15-12-9-6-3/h4-36H2,1-3H3. The van der Waals surface area contributed by atoms with Crippen molar-refractivity contribution in [3.8, 4) is 0 Å². The summed E-state index contributed by atoms with van der Waals surface area (Å²) in [5.41, 5.74) is -2.68. The van der Waals surface area contributed by atoms with Gasteiger partial charge in [0.05, 0.1) is 38.9 Å². The van der Waals surface area contributed by atoms with Crippen molar-refractivity contribution in [2.45, 2.75) is 175 Å². The third kappa shape index (κ3) is 27.3. The fourth-order valence-electron chi connectivity index (χ4n) is 5.95. The van der Waals surface area contributed by atoms with Gasteiger partial charge in [-0.3, -0.25) is 14.4 Å². The average molecular weight is 862 g/mol. The van der Waals surface area contributed by atoms with Gasteiger partial charge in [-0.25, -0.2) is 28.1 Å². The molecule has 0 aromatic carbocycles. The zero-order chi connectivity index (χ0) is 41.8. The largest absolute Gasteiger partial charge is 0.464 e. The van der Waals surface area contributed by atoms with Crippen LogP contribution in [0.3, 0.4) is 0 Å². The molecule has 1 aromatic rings. The molecule has 0 aliphatic carbocycles. The van der Waals surface area contributed by atoms with Gasteiger partial charge in [0.1, 0.15) is 19.8 Å². The summed E-state index contributed by atoms with van der Waals surface area (Å²) < 4.78 is 18.5. The summed E-state index contributed by atoms with van der Waals surface area (Å²) in [6, 6.07) is 0. The highest BCUT2D eigenvalue weighted by atomic mass is 32.2. The number of aromatic nitrogens is 3. The Labute approximate surface area is 355 Å². The van der Waals surface area contributed by atoms with E-state index in [1.54, 1.807) is 35.3 Å². The minimum Gasteiger partial charge on any atom is -0.464 e. The summed E-state index contributed by atoms with van der Waals surface area (Å²) in [5.74, 6) is 3.53. The predicted molar refractivity (Wildman–Crippen MR) is 238 cm³/mol. The molecule has 0 fully saturated rings. The van der Waals surface area contributed by atoms with Crippen molar-refractivity contribution in [2.75, 3.05) is 54.3 Å². The maximum atomic E-state index is 13.4. The third-order valence-corrected chi connectivity index (χ3v) is 12.6. The molecule has 15 heteroatoms. The van der Waals surface area contributed by atoms with Crippen molar-refractivity contribution >= 4 is 53.2 Å². The first kappa shape index (κ1) is 52.9. The van der Waals surface area contributed by atoms with Crippen LogP contribution in [0.4, 0.5) is 0 Å². The Morgan fingerprint density at radius 3 is 0.895 bits per heavy atom. The number of ether oxygens (including phenoxy) is 3. The van der Waals surface area contributed by atoms with Crippen molar-refractivity contribution in [2.24, 2.45) is 0 Å². The van der Waals surface area contributed by atoms with Gasteiger partial charge in [-0.05, 0) is 36.5 Å². The lowest BCUT2D eigenvalue weighted by molar-refractivity contribution is -0.144. The van der Waals surface area contributed by atoms with Crippen LogP contribution < -0.4 is 17.1 Å². The van der Waals surface area contributed by atoms with Gasteiger partial charge in [-0.2, -0.15) is 35.3 Å². The number of thioether (sulfide) groups is 3. The number of hydrogen-bond donors (Lipinski definition) is 0. The Kier molecular flexibility index (Phi) is 34.2. The molecule has 12 nitrogen and oxygen atoms in total. The molecular weight excluding hydrogens is 787 g/mol. The van der Waals surface area contributed by atoms with Crippen LogP contribution in [0.2, 0.25) is 0 Å². The maximum absolute atomic E-state index is 13.4. The Hall–Kier alpha value is -2.13. The van der Waals surface area contributed by atoms with E-state index in [4.69, 9.17) is 14.2 Å². The normalized spacial score (nSPS) is 11.2. The molecule has 0 aliphatic heterocycles. The number of rotatable bonds is 39. The van der Waals surface area contributed by atoms with Gasteiger partial charge in [0, 0.05) is 17.3 Å². The highest BCUT2D eigenvalue weighted by Gasteiger charge is 2.17. The van der Waals surface area contributed by atoms with E-state index >= 15 is 0 Å². The van der Waals surface area contributed by atoms with Crippen LogP contribution >= 0.6 is 35.3 Å². The van der Waals surface area contributed by atoms with E-state index in [1.165, 1.54) is 96.3 Å². The molecule has 0 atom stereocenters. The topological polar surface area (TPSA) is 145 Å². The lowest BCUT2D eigenvalue weighted by Crippen LogP contribution is -2.55. The van der Waals surface area contributed by atoms with E-state index in [0.717, 1.165) is 50.2 Å². The summed E-state index contributed by atoms with van der Waals surface area (Å²) in [6.45, 7) is 5.11. The van der Waals surface area contributed by atoms with Gasteiger partial charge in [-0.15, -0.1) is 0 Å². The summed E-state index contributed by atoms with van der Waals surface area (Å²) >= 11 is 5.11. The molecule has 0 amide bonds. The first-order valence-corrected chi connectivity index (χ1v) is 25.4. The summed E-state index contributed by atoms with van der Waals surface area (Å²) in [4.78, 5) is 77.4. The molecule has 0 radical (unpaired) electrons. The number of unbranched alkanes of at least 4 members (excludes halogenated alkanes) is 15. The van der Waals surface area contributed by atoms with Gasteiger partial charge in [-0.1, -0.05) is 117 Å². The van der Waals surface area contributed by atoms with Gasteiger partial charge in [0.15, 0.2) is 0 Å². The molecular formula is C42H75N3O9S3. The Morgan fingerprint density at radius 2 is 0.632 bits per heavy atom. The van der Waals surface area contributed by atoms with Crippen molar-refractivity contribution in [3.05, 3.63) is 31.5 Å². The third-order valence-electron chi connectivity index (χ3n) is 9.40. The van der Waals surface area contributed by atoms with Crippen molar-refractivity contribution in [1.82, 2.24) is 13.7 Å². The molecule has 0 saturated heterocycles. The van der Waals surface area contributed by atoms with Crippen molar-refractivity contribution in [3.63, 3.8) is 0 Å². The highest BCUT2D eigenvalue weighted by Crippen LogP contribution is 2.13. The predicted octanol–water partition coefficient (Wildman–Crippen LogP) is 8.25. The Morgan fingerprint density at radius 1 is 0.386 bits per heavy atom. The van der Waals surface area contributed by atoms with Crippen molar-refractivity contribution in [1.29, 1.82) is 0 Å². The zero-order valence-corrected chi connectivity index (χ0v) is 38.0. The fraction of sp³-hybridized carbons (Fsp3) is 0.857. The van der Waals surface area contributed by atoms with E-state index < -0.39 is 35.0 Å². The lowest BCUT2D eigenvalue weighted by Gasteiger charge is -2.14. The van der Waals surface area contributed by atoms with Crippen LogP contribution in [-0.4, -0.2) is 85.9 Å². The molecule has 0 N–H and O–H groups in total. The second-order valence-corrected chi connectivity index (χ2v) is 18.0. The highest BCUT2D eigenvalue weighted by molar-refractivity contribution is 7.99. The van der Waals surface area contributed by atoms with Gasteiger partial charge in [0.25, 0.3) is 0 Å². The van der Waals surface area contributed by atoms with E-state index in [0.29, 0.717) is 17.3 Å². The molecule has 1 aromatic heterocycles. The van der Waals surface area contributed by atoms with Gasteiger partial charge in [0.2, 0.25) is 0 Å². The monoisotopic (exact) mass is 861 g/mol. The van der Waals surface area contributed by atoms with Crippen LogP contribution in [0.25, 0.3) is 0 Å². The number of esters is 3. The fourth-order valence-corrected chi connectivity index (χ4v) is 8.72. The van der Waals surface area contributed by atoms with Crippen LogP contribution in [0, 0.1) is 0 Å². The van der Waals surface area contributed by atoms with E-state index in [1.807, 2.05) is 0 Å². The first-order chi connectivity index (χ1) is 27.8. The van der Waals surface area contributed by atoms with Crippen LogP contribution in [0.15, 0.2) is 14.4 Å². The smallest absolute Gasteiger partial charge is 0.336 e. The second-order valence-electron chi connectivity index (χ2n) is 14.4.